The number of hydrogen-bond donors (Lipinski definition) is 2. The van der Waals surface area contributed by atoms with E-state index in [-0.39, 0.29) is 6.42 Å². The summed E-state index contributed by atoms with van der Waals surface area (Å²) in [5, 5.41) is 19.0. The monoisotopic (exact) mass is 610 g/mol. The van der Waals surface area contributed by atoms with Gasteiger partial charge in [-0.15, -0.1) is 0 Å². The van der Waals surface area contributed by atoms with Gasteiger partial charge < -0.3 is 29.2 Å². The minimum absolute atomic E-state index is 0.334. The molecule has 40 heavy (non-hydrogen) atoms. The summed E-state index contributed by atoms with van der Waals surface area (Å²) in [6, 6.07) is 0. The molecule has 18 heteroatoms. The molecule has 2 N–H and O–H groups in total. The molecule has 2 rings (SSSR count). The molecule has 0 spiro atoms. The molecule has 2 aliphatic rings. The van der Waals surface area contributed by atoms with Gasteiger partial charge in [-0.1, -0.05) is 6.92 Å². The maximum atomic E-state index is 14.7. The van der Waals surface area contributed by atoms with Crippen LogP contribution in [0.2, 0.25) is 0 Å². The van der Waals surface area contributed by atoms with Crippen molar-refractivity contribution in [3.05, 3.63) is 0 Å². The highest BCUT2D eigenvalue weighted by Gasteiger charge is 2.84. The van der Waals surface area contributed by atoms with E-state index in [2.05, 4.69) is 14.2 Å². The van der Waals surface area contributed by atoms with Gasteiger partial charge in [-0.05, 0) is 47.5 Å². The van der Waals surface area contributed by atoms with Gasteiger partial charge in [0.1, 0.15) is 0 Å². The summed E-state index contributed by atoms with van der Waals surface area (Å²) in [6.07, 6.45) is -13.1. The number of carbonyl (C=O) groups is 2. The molecule has 0 amide bonds. The van der Waals surface area contributed by atoms with Crippen LogP contribution < -0.4 is 0 Å². The van der Waals surface area contributed by atoms with E-state index in [4.69, 9.17) is 4.74 Å². The first-order valence-corrected chi connectivity index (χ1v) is 11.5. The molecular weight excluding hydrogens is 582 g/mol. The molecular formula is C22H28F10O8. The third-order valence-corrected chi connectivity index (χ3v) is 7.35. The van der Waals surface area contributed by atoms with E-state index < -0.39 is 89.4 Å². The second-order valence-corrected chi connectivity index (χ2v) is 11.2. The molecule has 2 aliphatic heterocycles. The lowest BCUT2D eigenvalue weighted by Crippen LogP contribution is -2.64. The van der Waals surface area contributed by atoms with Gasteiger partial charge in [-0.25, -0.2) is 0 Å². The van der Waals surface area contributed by atoms with Crippen LogP contribution in [0.15, 0.2) is 0 Å². The lowest BCUT2D eigenvalue weighted by atomic mass is 9.72. The second-order valence-electron chi connectivity index (χ2n) is 11.2. The Morgan fingerprint density at radius 3 is 1.35 bits per heavy atom. The van der Waals surface area contributed by atoms with E-state index in [1.165, 1.54) is 6.92 Å². The average molecular weight is 610 g/mol. The number of hydrogen-bond acceptors (Lipinski definition) is 8. The summed E-state index contributed by atoms with van der Waals surface area (Å²) >= 11 is 0. The molecule has 2 fully saturated rings. The van der Waals surface area contributed by atoms with Crippen molar-refractivity contribution in [1.29, 1.82) is 0 Å². The summed E-state index contributed by atoms with van der Waals surface area (Å²) < 4.78 is 155. The highest BCUT2D eigenvalue weighted by atomic mass is 19.4. The summed E-state index contributed by atoms with van der Waals surface area (Å²) in [5.41, 5.74) is -10.7. The van der Waals surface area contributed by atoms with Gasteiger partial charge in [0, 0.05) is 0 Å². The number of rotatable bonds is 7. The Labute approximate surface area is 220 Å². The highest BCUT2D eigenvalue weighted by Crippen LogP contribution is 2.57. The molecule has 8 nitrogen and oxygen atoms in total. The second kappa shape index (κ2) is 9.29. The summed E-state index contributed by atoms with van der Waals surface area (Å²) in [6.45, 7) is 1.86. The Morgan fingerprint density at radius 2 is 1.07 bits per heavy atom. The fourth-order valence-electron chi connectivity index (χ4n) is 4.33. The van der Waals surface area contributed by atoms with Crippen molar-refractivity contribution in [1.82, 2.24) is 0 Å². The Kier molecular flexibility index (Phi) is 7.96. The Balaban J connectivity index is 2.29. The molecule has 5 atom stereocenters. The van der Waals surface area contributed by atoms with Crippen LogP contribution in [0.4, 0.5) is 43.9 Å². The van der Waals surface area contributed by atoms with E-state index in [0.717, 1.165) is 20.8 Å². The summed E-state index contributed by atoms with van der Waals surface area (Å²) in [7, 11) is 0. The quantitative estimate of drug-likeness (QED) is 0.325. The smallest absolute Gasteiger partial charge is 0.449 e. The van der Waals surface area contributed by atoms with E-state index in [1.807, 2.05) is 0 Å². The summed E-state index contributed by atoms with van der Waals surface area (Å²) in [4.78, 5) is 25.9. The van der Waals surface area contributed by atoms with E-state index >= 15 is 0 Å². The minimum Gasteiger partial charge on any atom is -0.450 e. The molecule has 0 saturated carbocycles. The van der Waals surface area contributed by atoms with E-state index in [1.54, 1.807) is 0 Å². The van der Waals surface area contributed by atoms with Gasteiger partial charge in [-0.3, -0.25) is 9.59 Å². The maximum absolute atomic E-state index is 14.7. The van der Waals surface area contributed by atoms with Crippen molar-refractivity contribution >= 4 is 11.9 Å². The van der Waals surface area contributed by atoms with Gasteiger partial charge in [0.25, 0.3) is 0 Å². The molecule has 2 saturated heterocycles. The van der Waals surface area contributed by atoms with Gasteiger partial charge in [0.15, 0.2) is 0 Å². The predicted octanol–water partition coefficient (Wildman–Crippen LogP) is 4.26. The van der Waals surface area contributed by atoms with Crippen LogP contribution in [0.5, 0.6) is 0 Å². The van der Waals surface area contributed by atoms with Crippen LogP contribution >= 0.6 is 0 Å². The topological polar surface area (TPSA) is 112 Å². The first-order chi connectivity index (χ1) is 17.4. The number of halogens is 10. The third kappa shape index (κ3) is 4.71. The standard InChI is InChI=1S/C22H28F10O8/c1-7-14(4,12(34)40-16(6)10-38-20(36,18(16,25)26)22(30,31)32)8-13(2,3)11(33)39-15(5)9-37-19(35,17(15,23)24)21(27,28)29/h35-36H,7-10H2,1-6H3. The van der Waals surface area contributed by atoms with Crippen LogP contribution in [-0.2, 0) is 28.5 Å². The number of aliphatic hydroxyl groups is 2. The number of ether oxygens (including phenoxy) is 4. The van der Waals surface area contributed by atoms with Gasteiger partial charge in [-0.2, -0.15) is 43.9 Å². The zero-order valence-corrected chi connectivity index (χ0v) is 22.0. The zero-order valence-electron chi connectivity index (χ0n) is 22.0. The Hall–Kier alpha value is -1.92. The Bertz CT molecular complexity index is 1030. The van der Waals surface area contributed by atoms with Gasteiger partial charge >= 0.3 is 47.7 Å². The lowest BCUT2D eigenvalue weighted by molar-refractivity contribution is -0.409. The van der Waals surface area contributed by atoms with Gasteiger partial charge in [0.05, 0.1) is 24.0 Å². The average Bonchev–Trinajstić information content (AvgIpc) is 3.07. The van der Waals surface area contributed by atoms with Crippen LogP contribution in [0.1, 0.15) is 54.4 Å². The van der Waals surface area contributed by atoms with Gasteiger partial charge in [0.2, 0.25) is 11.2 Å². The highest BCUT2D eigenvalue weighted by molar-refractivity contribution is 5.81. The third-order valence-electron chi connectivity index (χ3n) is 7.35. The first kappa shape index (κ1) is 34.3. The summed E-state index contributed by atoms with van der Waals surface area (Å²) in [5.74, 6) is -23.6. The van der Waals surface area contributed by atoms with Crippen molar-refractivity contribution in [2.45, 2.75) is 101 Å². The SMILES string of the molecule is CCC(C)(CC(C)(C)C(=O)OC1(C)COC(O)(C(F)(F)F)C1(F)F)C(=O)OC1(C)COC(O)(C(F)(F)F)C1(F)F. The fraction of sp³-hybridized carbons (Fsp3) is 0.909. The first-order valence-electron chi connectivity index (χ1n) is 11.5. The van der Waals surface area contributed by atoms with Crippen molar-refractivity contribution in [2.75, 3.05) is 13.2 Å². The van der Waals surface area contributed by atoms with E-state index in [9.17, 15) is 63.7 Å². The number of alkyl halides is 10. The normalized spacial score (nSPS) is 35.8. The molecule has 2 heterocycles. The van der Waals surface area contributed by atoms with Crippen molar-refractivity contribution in [3.63, 3.8) is 0 Å². The number of esters is 2. The number of carbonyl (C=O) groups excluding carboxylic acids is 2. The Morgan fingerprint density at radius 1 is 0.750 bits per heavy atom. The minimum atomic E-state index is -6.00. The lowest BCUT2D eigenvalue weighted by Gasteiger charge is -2.40. The molecule has 0 radical (unpaired) electrons. The molecule has 5 unspecified atom stereocenters. The van der Waals surface area contributed by atoms with Crippen molar-refractivity contribution < 1.29 is 82.7 Å². The van der Waals surface area contributed by atoms with Crippen molar-refractivity contribution in [2.24, 2.45) is 10.8 Å². The van der Waals surface area contributed by atoms with E-state index in [0.29, 0.717) is 13.8 Å². The van der Waals surface area contributed by atoms with Crippen molar-refractivity contribution in [3.8, 4) is 0 Å². The van der Waals surface area contributed by atoms with Crippen LogP contribution in [0.3, 0.4) is 0 Å². The fourth-order valence-corrected chi connectivity index (χ4v) is 4.33. The zero-order chi connectivity index (χ0) is 31.8. The molecule has 0 aliphatic carbocycles. The maximum Gasteiger partial charge on any atom is 0.449 e. The molecule has 0 bridgehead atoms. The molecule has 0 aromatic rings. The molecule has 0 aromatic heterocycles. The predicted molar refractivity (Wildman–Crippen MR) is 110 cm³/mol. The van der Waals surface area contributed by atoms with Crippen LogP contribution in [0.25, 0.3) is 0 Å². The van der Waals surface area contributed by atoms with Crippen LogP contribution in [0, 0.1) is 10.8 Å². The molecule has 234 valence electrons. The largest absolute Gasteiger partial charge is 0.450 e. The molecule has 0 aromatic carbocycles. The van der Waals surface area contributed by atoms with Crippen LogP contribution in [-0.4, -0.2) is 82.3 Å².